The number of aliphatic hydroxyl groups excluding tert-OH is 1. The highest BCUT2D eigenvalue weighted by molar-refractivity contribution is 6.69. The van der Waals surface area contributed by atoms with Crippen LogP contribution >= 0.6 is 0 Å². The van der Waals surface area contributed by atoms with Crippen LogP contribution in [0.3, 0.4) is 0 Å². The van der Waals surface area contributed by atoms with E-state index in [2.05, 4.69) is 19.6 Å². The van der Waals surface area contributed by atoms with Crippen molar-refractivity contribution in [1.82, 2.24) is 0 Å². The van der Waals surface area contributed by atoms with Gasteiger partial charge in [-0.1, -0.05) is 0 Å². The topological polar surface area (TPSA) is 66.4 Å². The van der Waals surface area contributed by atoms with E-state index < -0.39 is 20.7 Å². The van der Waals surface area contributed by atoms with E-state index in [0.717, 1.165) is 0 Å². The molecule has 0 aromatic rings. The predicted octanol–water partition coefficient (Wildman–Crippen LogP) is 0.600. The van der Waals surface area contributed by atoms with Gasteiger partial charge in [-0.3, -0.25) is 0 Å². The Kier molecular flexibility index (Phi) is 6.38. The van der Waals surface area contributed by atoms with Crippen molar-refractivity contribution < 1.29 is 28.5 Å². The van der Waals surface area contributed by atoms with E-state index in [0.29, 0.717) is 6.61 Å². The summed E-state index contributed by atoms with van der Waals surface area (Å²) in [7, 11) is 2.90. The molecule has 19 heavy (non-hydrogen) atoms. The van der Waals surface area contributed by atoms with Gasteiger partial charge < -0.3 is 28.5 Å². The van der Waals surface area contributed by atoms with Crippen LogP contribution in [0.15, 0.2) is 0 Å². The molecule has 0 amide bonds. The van der Waals surface area contributed by atoms with Crippen molar-refractivity contribution in [3.8, 4) is 0 Å². The highest BCUT2D eigenvalue weighted by Crippen LogP contribution is 2.28. The molecule has 0 unspecified atom stereocenters. The average Bonchev–Trinajstić information content (AvgIpc) is 2.30. The molecule has 1 fully saturated rings. The number of hydrogen-bond acceptors (Lipinski definition) is 6. The molecular formula is C12H26O6Si. The van der Waals surface area contributed by atoms with Gasteiger partial charge in [0.1, 0.15) is 24.4 Å². The molecule has 0 aliphatic carbocycles. The van der Waals surface area contributed by atoms with Crippen LogP contribution in [-0.2, 0) is 23.4 Å². The first-order valence-electron chi connectivity index (χ1n) is 6.40. The van der Waals surface area contributed by atoms with Crippen LogP contribution in [0.4, 0.5) is 0 Å². The van der Waals surface area contributed by atoms with E-state index in [1.807, 2.05) is 0 Å². The van der Waals surface area contributed by atoms with Crippen molar-refractivity contribution in [2.24, 2.45) is 0 Å². The molecule has 5 atom stereocenters. The quantitative estimate of drug-likeness (QED) is 0.724. The molecule has 1 saturated heterocycles. The SMILES string of the molecule is COC[C@H]1O[C@@H](O)[C@H](OC)[C@@H](OC)[C@@H]1O[Si](C)(C)C. The zero-order valence-electron chi connectivity index (χ0n) is 12.6. The lowest BCUT2D eigenvalue weighted by molar-refractivity contribution is -0.293. The van der Waals surface area contributed by atoms with Gasteiger partial charge >= 0.3 is 0 Å². The molecule has 0 aromatic carbocycles. The molecule has 0 aromatic heterocycles. The van der Waals surface area contributed by atoms with Crippen molar-refractivity contribution in [2.75, 3.05) is 27.9 Å². The van der Waals surface area contributed by atoms with Gasteiger partial charge in [-0.15, -0.1) is 0 Å². The minimum Gasteiger partial charge on any atom is -0.409 e. The molecule has 1 N–H and O–H groups in total. The fourth-order valence-corrected chi connectivity index (χ4v) is 3.37. The number of ether oxygens (including phenoxy) is 4. The van der Waals surface area contributed by atoms with Gasteiger partial charge in [-0.05, 0) is 19.6 Å². The van der Waals surface area contributed by atoms with Crippen LogP contribution in [0, 0.1) is 0 Å². The fraction of sp³-hybridized carbons (Fsp3) is 1.00. The van der Waals surface area contributed by atoms with Crippen molar-refractivity contribution in [2.45, 2.75) is 50.3 Å². The first-order valence-corrected chi connectivity index (χ1v) is 9.80. The van der Waals surface area contributed by atoms with E-state index >= 15 is 0 Å². The molecule has 7 heteroatoms. The van der Waals surface area contributed by atoms with Crippen molar-refractivity contribution in [1.29, 1.82) is 0 Å². The lowest BCUT2D eigenvalue weighted by Crippen LogP contribution is -2.62. The van der Waals surface area contributed by atoms with Gasteiger partial charge in [0.15, 0.2) is 14.6 Å². The van der Waals surface area contributed by atoms with Crippen LogP contribution in [-0.4, -0.2) is 72.1 Å². The maximum absolute atomic E-state index is 9.96. The number of rotatable bonds is 6. The molecule has 114 valence electrons. The fourth-order valence-electron chi connectivity index (χ4n) is 2.26. The molecule has 6 nitrogen and oxygen atoms in total. The predicted molar refractivity (Wildman–Crippen MR) is 72.6 cm³/mol. The molecule has 1 aliphatic rings. The van der Waals surface area contributed by atoms with Gasteiger partial charge in [-0.2, -0.15) is 0 Å². The Morgan fingerprint density at radius 1 is 1.00 bits per heavy atom. The summed E-state index contributed by atoms with van der Waals surface area (Å²) in [6, 6.07) is 0. The summed E-state index contributed by atoms with van der Waals surface area (Å²) < 4.78 is 27.6. The second kappa shape index (κ2) is 7.12. The van der Waals surface area contributed by atoms with Gasteiger partial charge in [0.25, 0.3) is 0 Å². The van der Waals surface area contributed by atoms with Crippen LogP contribution < -0.4 is 0 Å². The van der Waals surface area contributed by atoms with Gasteiger partial charge in [-0.25, -0.2) is 0 Å². The lowest BCUT2D eigenvalue weighted by atomic mass is 9.99. The maximum atomic E-state index is 9.96. The van der Waals surface area contributed by atoms with Crippen LogP contribution in [0.1, 0.15) is 0 Å². The number of aliphatic hydroxyl groups is 1. The highest BCUT2D eigenvalue weighted by Gasteiger charge is 2.48. The number of hydrogen-bond donors (Lipinski definition) is 1. The molecule has 0 bridgehead atoms. The average molecular weight is 294 g/mol. The molecule has 0 saturated carbocycles. The highest BCUT2D eigenvalue weighted by atomic mass is 28.4. The molecule has 1 rings (SSSR count). The largest absolute Gasteiger partial charge is 0.409 e. The third kappa shape index (κ3) is 4.49. The summed E-state index contributed by atoms with van der Waals surface area (Å²) in [5.41, 5.74) is 0. The third-order valence-electron chi connectivity index (χ3n) is 2.97. The van der Waals surface area contributed by atoms with E-state index in [-0.39, 0.29) is 18.3 Å². The van der Waals surface area contributed by atoms with E-state index in [9.17, 15) is 5.11 Å². The minimum absolute atomic E-state index is 0.315. The van der Waals surface area contributed by atoms with Crippen molar-refractivity contribution in [3.05, 3.63) is 0 Å². The Bertz CT molecular complexity index is 269. The standard InChI is InChI=1S/C12H26O6Si/c1-14-7-8-9(18-19(4,5)6)10(15-2)11(16-3)12(13)17-8/h8-13H,7H2,1-6H3/t8-,9-,10+,11-,12-/m1/s1. The summed E-state index contributed by atoms with van der Waals surface area (Å²) >= 11 is 0. The first-order chi connectivity index (χ1) is 8.84. The summed E-state index contributed by atoms with van der Waals surface area (Å²) in [6.45, 7) is 6.62. The van der Waals surface area contributed by atoms with Gasteiger partial charge in [0, 0.05) is 21.3 Å². The first kappa shape index (κ1) is 17.0. The van der Waals surface area contributed by atoms with Crippen LogP contribution in [0.25, 0.3) is 0 Å². The maximum Gasteiger partial charge on any atom is 0.184 e. The molecule has 0 spiro atoms. The second-order valence-corrected chi connectivity index (χ2v) is 10.1. The Balaban J connectivity index is 2.93. The molecular weight excluding hydrogens is 268 g/mol. The molecule has 1 aliphatic heterocycles. The number of methoxy groups -OCH3 is 3. The minimum atomic E-state index is -1.79. The Morgan fingerprint density at radius 3 is 2.00 bits per heavy atom. The monoisotopic (exact) mass is 294 g/mol. The Labute approximate surface area is 116 Å². The van der Waals surface area contributed by atoms with Crippen LogP contribution in [0.5, 0.6) is 0 Å². The smallest absolute Gasteiger partial charge is 0.184 e. The zero-order chi connectivity index (χ0) is 14.6. The second-order valence-electron chi connectivity index (χ2n) is 5.62. The van der Waals surface area contributed by atoms with E-state index in [1.54, 1.807) is 14.2 Å². The zero-order valence-corrected chi connectivity index (χ0v) is 13.6. The normalized spacial score (nSPS) is 36.5. The Hall–Kier alpha value is -0.0231. The van der Waals surface area contributed by atoms with Gasteiger partial charge in [0.2, 0.25) is 0 Å². The van der Waals surface area contributed by atoms with Crippen molar-refractivity contribution >= 4 is 8.32 Å². The van der Waals surface area contributed by atoms with Crippen LogP contribution in [0.2, 0.25) is 19.6 Å². The summed E-state index contributed by atoms with van der Waals surface area (Å²) in [6.07, 6.45) is -2.69. The molecule has 0 radical (unpaired) electrons. The Morgan fingerprint density at radius 2 is 1.58 bits per heavy atom. The summed E-state index contributed by atoms with van der Waals surface area (Å²) in [5.74, 6) is 0. The van der Waals surface area contributed by atoms with Gasteiger partial charge in [0.05, 0.1) is 6.61 Å². The molecule has 1 heterocycles. The van der Waals surface area contributed by atoms with E-state index in [4.69, 9.17) is 23.4 Å². The lowest BCUT2D eigenvalue weighted by Gasteiger charge is -2.45. The summed E-state index contributed by atoms with van der Waals surface area (Å²) in [4.78, 5) is 0. The summed E-state index contributed by atoms with van der Waals surface area (Å²) in [5, 5.41) is 9.96. The van der Waals surface area contributed by atoms with Crippen molar-refractivity contribution in [3.63, 3.8) is 0 Å². The van der Waals surface area contributed by atoms with E-state index in [1.165, 1.54) is 7.11 Å². The third-order valence-corrected chi connectivity index (χ3v) is 3.95.